The molecule has 0 aromatic carbocycles. The van der Waals surface area contributed by atoms with E-state index in [2.05, 4.69) is 0 Å². The van der Waals surface area contributed by atoms with Crippen LogP contribution >= 0.6 is 0 Å². The molecule has 1 rings (SSSR count). The highest BCUT2D eigenvalue weighted by Crippen LogP contribution is 2.24. The van der Waals surface area contributed by atoms with E-state index in [-0.39, 0.29) is 24.3 Å². The van der Waals surface area contributed by atoms with Crippen LogP contribution in [0.25, 0.3) is 0 Å². The van der Waals surface area contributed by atoms with E-state index in [1.807, 2.05) is 6.92 Å². The Balaban J connectivity index is 2.32. The molecule has 1 aliphatic carbocycles. The molecule has 17 heavy (non-hydrogen) atoms. The fraction of sp³-hybridized carbons (Fsp3) is 0.846. The van der Waals surface area contributed by atoms with Crippen LogP contribution < -0.4 is 0 Å². The normalized spacial score (nSPS) is 16.6. The zero-order valence-corrected chi connectivity index (χ0v) is 10.9. The third-order valence-electron chi connectivity index (χ3n) is 3.16. The number of nitrogens with zero attached hydrogens (tertiary/aromatic N) is 1. The number of carbonyl (C=O) groups is 2. The number of hydrogen-bond donors (Lipinski definition) is 0. The summed E-state index contributed by atoms with van der Waals surface area (Å²) >= 11 is 0. The van der Waals surface area contributed by atoms with Gasteiger partial charge in [-0.1, -0.05) is 26.2 Å². The van der Waals surface area contributed by atoms with Crippen molar-refractivity contribution in [1.82, 2.24) is 4.90 Å². The molecule has 98 valence electrons. The van der Waals surface area contributed by atoms with E-state index in [9.17, 15) is 9.59 Å². The molecule has 1 fully saturated rings. The molecule has 1 amide bonds. The largest absolute Gasteiger partial charge is 0.464 e. The van der Waals surface area contributed by atoms with Gasteiger partial charge in [-0.05, 0) is 19.3 Å². The zero-order valence-electron chi connectivity index (χ0n) is 10.9. The lowest BCUT2D eigenvalue weighted by Crippen LogP contribution is -2.38. The van der Waals surface area contributed by atoms with Crippen molar-refractivity contribution in [3.63, 3.8) is 0 Å². The van der Waals surface area contributed by atoms with Crippen molar-refractivity contribution in [2.24, 2.45) is 5.92 Å². The minimum atomic E-state index is -0.307. The molecule has 0 radical (unpaired) electrons. The quantitative estimate of drug-likeness (QED) is 0.691. The Labute approximate surface area is 103 Å². The highest BCUT2D eigenvalue weighted by molar-refractivity contribution is 5.83. The van der Waals surface area contributed by atoms with Gasteiger partial charge in [0.2, 0.25) is 5.91 Å². The van der Waals surface area contributed by atoms with Crippen LogP contribution in [0.15, 0.2) is 0 Å². The molecule has 0 N–H and O–H groups in total. The summed E-state index contributed by atoms with van der Waals surface area (Å²) < 4.78 is 4.97. The second kappa shape index (κ2) is 7.30. The summed E-state index contributed by atoms with van der Waals surface area (Å²) in [6, 6.07) is 0. The Morgan fingerprint density at radius 1 is 1.24 bits per heavy atom. The fourth-order valence-corrected chi connectivity index (χ4v) is 2.19. The molecule has 0 spiro atoms. The van der Waals surface area contributed by atoms with Gasteiger partial charge in [-0.3, -0.25) is 9.59 Å². The smallest absolute Gasteiger partial charge is 0.325 e. The van der Waals surface area contributed by atoms with Gasteiger partial charge in [-0.2, -0.15) is 0 Å². The first-order chi connectivity index (χ1) is 8.15. The first-order valence-electron chi connectivity index (χ1n) is 6.55. The maximum Gasteiger partial charge on any atom is 0.325 e. The SMILES string of the molecule is CCCOC(=O)CN(C)C(=O)C1CCCCC1. The Morgan fingerprint density at radius 3 is 2.47 bits per heavy atom. The van der Waals surface area contributed by atoms with Gasteiger partial charge in [0.15, 0.2) is 0 Å². The average molecular weight is 241 g/mol. The maximum atomic E-state index is 12.0. The third kappa shape index (κ3) is 4.75. The number of rotatable bonds is 5. The minimum Gasteiger partial charge on any atom is -0.464 e. The lowest BCUT2D eigenvalue weighted by Gasteiger charge is -2.25. The van der Waals surface area contributed by atoms with E-state index in [0.29, 0.717) is 6.61 Å². The molecule has 0 saturated heterocycles. The molecule has 0 atom stereocenters. The zero-order chi connectivity index (χ0) is 12.7. The Kier molecular flexibility index (Phi) is 6.01. The summed E-state index contributed by atoms with van der Waals surface area (Å²) in [5, 5.41) is 0. The van der Waals surface area contributed by atoms with E-state index >= 15 is 0 Å². The van der Waals surface area contributed by atoms with Gasteiger partial charge in [0.05, 0.1) is 6.61 Å². The van der Waals surface area contributed by atoms with Crippen LogP contribution in [0, 0.1) is 5.92 Å². The van der Waals surface area contributed by atoms with E-state index in [4.69, 9.17) is 4.74 Å². The molecule has 0 bridgehead atoms. The number of ether oxygens (including phenoxy) is 1. The summed E-state index contributed by atoms with van der Waals surface area (Å²) in [4.78, 5) is 24.9. The number of carbonyl (C=O) groups excluding carboxylic acids is 2. The second-order valence-electron chi connectivity index (χ2n) is 4.75. The standard InChI is InChI=1S/C13H23NO3/c1-3-9-17-12(15)10-14(2)13(16)11-7-5-4-6-8-11/h11H,3-10H2,1-2H3. The summed E-state index contributed by atoms with van der Waals surface area (Å²) in [6.07, 6.45) is 6.23. The molecule has 4 nitrogen and oxygen atoms in total. The lowest BCUT2D eigenvalue weighted by atomic mass is 9.88. The summed E-state index contributed by atoms with van der Waals surface area (Å²) in [5.74, 6) is -0.0932. The first-order valence-corrected chi connectivity index (χ1v) is 6.55. The second-order valence-corrected chi connectivity index (χ2v) is 4.75. The highest BCUT2D eigenvalue weighted by Gasteiger charge is 2.25. The van der Waals surface area contributed by atoms with Gasteiger partial charge in [0.25, 0.3) is 0 Å². The first kappa shape index (κ1) is 14.0. The van der Waals surface area contributed by atoms with Crippen LogP contribution in [0.4, 0.5) is 0 Å². The number of esters is 1. The highest BCUT2D eigenvalue weighted by atomic mass is 16.5. The number of amides is 1. The summed E-state index contributed by atoms with van der Waals surface area (Å²) in [6.45, 7) is 2.46. The molecule has 0 aromatic heterocycles. The van der Waals surface area contributed by atoms with E-state index in [1.54, 1.807) is 7.05 Å². The van der Waals surface area contributed by atoms with Gasteiger partial charge in [0.1, 0.15) is 6.54 Å². The van der Waals surface area contributed by atoms with Crippen molar-refractivity contribution >= 4 is 11.9 Å². The topological polar surface area (TPSA) is 46.6 Å². The molecule has 1 aliphatic rings. The number of likely N-dealkylation sites (N-methyl/N-ethyl adjacent to an activating group) is 1. The van der Waals surface area contributed by atoms with Crippen molar-refractivity contribution in [2.45, 2.75) is 45.4 Å². The van der Waals surface area contributed by atoms with Gasteiger partial charge in [-0.15, -0.1) is 0 Å². The van der Waals surface area contributed by atoms with Crippen molar-refractivity contribution in [1.29, 1.82) is 0 Å². The molecular weight excluding hydrogens is 218 g/mol. The monoisotopic (exact) mass is 241 g/mol. The lowest BCUT2D eigenvalue weighted by molar-refractivity contribution is -0.150. The molecule has 0 heterocycles. The van der Waals surface area contributed by atoms with Gasteiger partial charge in [-0.25, -0.2) is 0 Å². The van der Waals surface area contributed by atoms with Crippen LogP contribution in [0.2, 0.25) is 0 Å². The third-order valence-corrected chi connectivity index (χ3v) is 3.16. The van der Waals surface area contributed by atoms with E-state index in [1.165, 1.54) is 11.3 Å². The Hall–Kier alpha value is -1.06. The number of hydrogen-bond acceptors (Lipinski definition) is 3. The summed E-state index contributed by atoms with van der Waals surface area (Å²) in [7, 11) is 1.68. The molecule has 1 saturated carbocycles. The van der Waals surface area contributed by atoms with Crippen LogP contribution in [0.3, 0.4) is 0 Å². The maximum absolute atomic E-state index is 12.0. The van der Waals surface area contributed by atoms with Crippen molar-refractivity contribution < 1.29 is 14.3 Å². The van der Waals surface area contributed by atoms with Gasteiger partial charge >= 0.3 is 5.97 Å². The van der Waals surface area contributed by atoms with Gasteiger partial charge < -0.3 is 9.64 Å². The molecule has 0 unspecified atom stereocenters. The average Bonchev–Trinajstić information content (AvgIpc) is 2.36. The molecule has 0 aliphatic heterocycles. The van der Waals surface area contributed by atoms with Crippen LogP contribution in [-0.2, 0) is 14.3 Å². The van der Waals surface area contributed by atoms with Crippen LogP contribution in [0.5, 0.6) is 0 Å². The predicted octanol–water partition coefficient (Wildman–Crippen LogP) is 1.98. The van der Waals surface area contributed by atoms with Crippen molar-refractivity contribution in [2.75, 3.05) is 20.2 Å². The molecule has 0 aromatic rings. The Morgan fingerprint density at radius 2 is 1.88 bits per heavy atom. The summed E-state index contributed by atoms with van der Waals surface area (Å²) in [5.41, 5.74) is 0. The fourth-order valence-electron chi connectivity index (χ4n) is 2.19. The van der Waals surface area contributed by atoms with Crippen molar-refractivity contribution in [3.05, 3.63) is 0 Å². The van der Waals surface area contributed by atoms with E-state index in [0.717, 1.165) is 32.1 Å². The molecular formula is C13H23NO3. The van der Waals surface area contributed by atoms with Crippen LogP contribution in [-0.4, -0.2) is 37.0 Å². The van der Waals surface area contributed by atoms with Crippen LogP contribution in [0.1, 0.15) is 45.4 Å². The van der Waals surface area contributed by atoms with Gasteiger partial charge in [0, 0.05) is 13.0 Å². The molecule has 4 heteroatoms. The van der Waals surface area contributed by atoms with E-state index < -0.39 is 0 Å². The predicted molar refractivity (Wildman–Crippen MR) is 65.5 cm³/mol. The minimum absolute atomic E-state index is 0.0787. The Bertz CT molecular complexity index is 259. The van der Waals surface area contributed by atoms with Crippen molar-refractivity contribution in [3.8, 4) is 0 Å².